The second-order valence-electron chi connectivity index (χ2n) is 3.37. The number of aromatic nitrogens is 1. The molecular weight excluding hydrogens is 231 g/mol. The Bertz CT molecular complexity index is 354. The minimum absolute atomic E-state index is 0.227. The van der Waals surface area contributed by atoms with Gasteiger partial charge in [-0.3, -0.25) is 9.78 Å². The van der Waals surface area contributed by atoms with Crippen molar-refractivity contribution < 1.29 is 9.18 Å². The largest absolute Gasteiger partial charge is 0.337 e. The normalized spacial score (nSPS) is 10.2. The van der Waals surface area contributed by atoms with Gasteiger partial charge < -0.3 is 4.90 Å². The number of carbonyl (C=O) groups is 1. The van der Waals surface area contributed by atoms with E-state index >= 15 is 0 Å². The molecule has 1 amide bonds. The second-order valence-corrected chi connectivity index (χ2v) is 3.75. The summed E-state index contributed by atoms with van der Waals surface area (Å²) in [5.74, 6) is -0.364. The lowest BCUT2D eigenvalue weighted by atomic mass is 10.2. The van der Waals surface area contributed by atoms with Crippen molar-refractivity contribution in [3.8, 4) is 0 Å². The van der Waals surface area contributed by atoms with Gasteiger partial charge in [0.15, 0.2) is 0 Å². The van der Waals surface area contributed by atoms with Crippen LogP contribution < -0.4 is 0 Å². The number of nitrogens with zero attached hydrogens (tertiary/aromatic N) is 2. The maximum Gasteiger partial charge on any atom is 0.255 e. The van der Waals surface area contributed by atoms with Crippen LogP contribution in [0.1, 0.15) is 23.7 Å². The summed E-state index contributed by atoms with van der Waals surface area (Å²) in [6.07, 6.45) is 3.27. The number of rotatable bonds is 5. The topological polar surface area (TPSA) is 33.2 Å². The van der Waals surface area contributed by atoms with Gasteiger partial charge in [-0.05, 0) is 12.5 Å². The van der Waals surface area contributed by atoms with Crippen LogP contribution in [0.15, 0.2) is 18.5 Å². The SMILES string of the molecule is CCCN(CCCl)C(=O)c1cncc(F)c1. The Hall–Kier alpha value is -1.16. The van der Waals surface area contributed by atoms with Crippen LogP contribution in [0.25, 0.3) is 0 Å². The Morgan fingerprint density at radius 1 is 1.50 bits per heavy atom. The van der Waals surface area contributed by atoms with Gasteiger partial charge in [-0.25, -0.2) is 4.39 Å². The highest BCUT2D eigenvalue weighted by Crippen LogP contribution is 2.06. The number of halogens is 2. The van der Waals surface area contributed by atoms with E-state index < -0.39 is 5.82 Å². The van der Waals surface area contributed by atoms with E-state index in [1.165, 1.54) is 12.3 Å². The molecule has 0 aliphatic carbocycles. The van der Waals surface area contributed by atoms with Gasteiger partial charge >= 0.3 is 0 Å². The summed E-state index contributed by atoms with van der Waals surface area (Å²) in [7, 11) is 0. The van der Waals surface area contributed by atoms with E-state index in [2.05, 4.69) is 4.98 Å². The van der Waals surface area contributed by atoms with E-state index in [9.17, 15) is 9.18 Å². The summed E-state index contributed by atoms with van der Waals surface area (Å²) in [6, 6.07) is 1.19. The average Bonchev–Trinajstić information content (AvgIpc) is 2.28. The molecule has 5 heteroatoms. The van der Waals surface area contributed by atoms with Gasteiger partial charge in [0, 0.05) is 25.2 Å². The van der Waals surface area contributed by atoms with E-state index in [4.69, 9.17) is 11.6 Å². The van der Waals surface area contributed by atoms with Crippen LogP contribution >= 0.6 is 11.6 Å². The molecule has 88 valence electrons. The first kappa shape index (κ1) is 12.9. The number of alkyl halides is 1. The van der Waals surface area contributed by atoms with Gasteiger partial charge in [0.25, 0.3) is 5.91 Å². The first-order chi connectivity index (χ1) is 7.69. The Kier molecular flexibility index (Phi) is 5.19. The minimum Gasteiger partial charge on any atom is -0.337 e. The van der Waals surface area contributed by atoms with Crippen molar-refractivity contribution in [3.63, 3.8) is 0 Å². The molecule has 0 spiro atoms. The van der Waals surface area contributed by atoms with Crippen molar-refractivity contribution >= 4 is 17.5 Å². The Morgan fingerprint density at radius 2 is 2.25 bits per heavy atom. The van der Waals surface area contributed by atoms with E-state index in [0.29, 0.717) is 19.0 Å². The molecule has 0 atom stereocenters. The molecule has 0 aliphatic heterocycles. The lowest BCUT2D eigenvalue weighted by Crippen LogP contribution is -2.33. The summed E-state index contributed by atoms with van der Waals surface area (Å²) >= 11 is 5.61. The molecule has 0 saturated heterocycles. The third-order valence-corrected chi connectivity index (χ3v) is 2.26. The van der Waals surface area contributed by atoms with E-state index in [1.807, 2.05) is 6.92 Å². The summed E-state index contributed by atoms with van der Waals surface area (Å²) in [6.45, 7) is 3.05. The van der Waals surface area contributed by atoms with Gasteiger partial charge in [0.05, 0.1) is 11.8 Å². The average molecular weight is 245 g/mol. The van der Waals surface area contributed by atoms with Crippen LogP contribution in [0.3, 0.4) is 0 Å². The smallest absolute Gasteiger partial charge is 0.255 e. The summed E-state index contributed by atoms with van der Waals surface area (Å²) in [4.78, 5) is 17.2. The molecule has 3 nitrogen and oxygen atoms in total. The number of hydrogen-bond donors (Lipinski definition) is 0. The predicted molar refractivity (Wildman–Crippen MR) is 61.1 cm³/mol. The molecule has 1 aromatic heterocycles. The number of pyridine rings is 1. The van der Waals surface area contributed by atoms with Crippen molar-refractivity contribution in [1.29, 1.82) is 0 Å². The lowest BCUT2D eigenvalue weighted by Gasteiger charge is -2.20. The molecule has 0 saturated carbocycles. The van der Waals surface area contributed by atoms with Crippen molar-refractivity contribution in [2.24, 2.45) is 0 Å². The van der Waals surface area contributed by atoms with Crippen LogP contribution in [0.4, 0.5) is 4.39 Å². The molecule has 16 heavy (non-hydrogen) atoms. The maximum absolute atomic E-state index is 12.9. The fourth-order valence-electron chi connectivity index (χ4n) is 1.40. The highest BCUT2D eigenvalue weighted by Gasteiger charge is 2.15. The van der Waals surface area contributed by atoms with Crippen LogP contribution in [-0.4, -0.2) is 34.8 Å². The van der Waals surface area contributed by atoms with Crippen LogP contribution in [0, 0.1) is 5.82 Å². The molecule has 0 fully saturated rings. The van der Waals surface area contributed by atoms with Gasteiger partial charge in [-0.1, -0.05) is 6.92 Å². The summed E-state index contributed by atoms with van der Waals surface area (Å²) < 4.78 is 12.9. The van der Waals surface area contributed by atoms with E-state index in [0.717, 1.165) is 12.6 Å². The van der Waals surface area contributed by atoms with Gasteiger partial charge in [0.2, 0.25) is 0 Å². The fourth-order valence-corrected chi connectivity index (χ4v) is 1.60. The fraction of sp³-hybridized carbons (Fsp3) is 0.455. The van der Waals surface area contributed by atoms with Crippen molar-refractivity contribution in [3.05, 3.63) is 29.8 Å². The van der Waals surface area contributed by atoms with Crippen LogP contribution in [-0.2, 0) is 0 Å². The molecule has 0 N–H and O–H groups in total. The molecular formula is C11H14ClFN2O. The number of amides is 1. The first-order valence-electron chi connectivity index (χ1n) is 5.14. The standard InChI is InChI=1S/C11H14ClFN2O/c1-2-4-15(5-3-12)11(16)9-6-10(13)8-14-7-9/h6-8H,2-5H2,1H3. The van der Waals surface area contributed by atoms with Crippen LogP contribution in [0.5, 0.6) is 0 Å². The zero-order chi connectivity index (χ0) is 12.0. The molecule has 1 rings (SSSR count). The molecule has 0 unspecified atom stereocenters. The third-order valence-electron chi connectivity index (χ3n) is 2.09. The molecule has 0 radical (unpaired) electrons. The zero-order valence-electron chi connectivity index (χ0n) is 9.12. The Balaban J connectivity index is 2.81. The molecule has 0 bridgehead atoms. The quantitative estimate of drug-likeness (QED) is 0.745. The molecule has 1 heterocycles. The second kappa shape index (κ2) is 6.43. The van der Waals surface area contributed by atoms with Crippen molar-refractivity contribution in [1.82, 2.24) is 9.88 Å². The van der Waals surface area contributed by atoms with Crippen molar-refractivity contribution in [2.45, 2.75) is 13.3 Å². The third kappa shape index (κ3) is 3.45. The zero-order valence-corrected chi connectivity index (χ0v) is 9.88. The Morgan fingerprint density at radius 3 is 2.81 bits per heavy atom. The van der Waals surface area contributed by atoms with Gasteiger partial charge in [0.1, 0.15) is 5.82 Å². The molecule has 0 aliphatic rings. The molecule has 1 aromatic rings. The highest BCUT2D eigenvalue weighted by atomic mass is 35.5. The highest BCUT2D eigenvalue weighted by molar-refractivity contribution is 6.18. The monoisotopic (exact) mass is 244 g/mol. The van der Waals surface area contributed by atoms with Gasteiger partial charge in [-0.15, -0.1) is 11.6 Å². The maximum atomic E-state index is 12.9. The lowest BCUT2D eigenvalue weighted by molar-refractivity contribution is 0.0764. The van der Waals surface area contributed by atoms with Crippen LogP contribution in [0.2, 0.25) is 0 Å². The van der Waals surface area contributed by atoms with E-state index in [1.54, 1.807) is 4.90 Å². The number of carbonyl (C=O) groups excluding carboxylic acids is 1. The summed E-state index contributed by atoms with van der Waals surface area (Å²) in [5.41, 5.74) is 0.263. The number of hydrogen-bond acceptors (Lipinski definition) is 2. The summed E-state index contributed by atoms with van der Waals surface area (Å²) in [5, 5.41) is 0. The Labute approximate surface area is 99.2 Å². The van der Waals surface area contributed by atoms with Crippen molar-refractivity contribution in [2.75, 3.05) is 19.0 Å². The van der Waals surface area contributed by atoms with Gasteiger partial charge in [-0.2, -0.15) is 0 Å². The predicted octanol–water partition coefficient (Wildman–Crippen LogP) is 2.31. The first-order valence-corrected chi connectivity index (χ1v) is 5.68. The van der Waals surface area contributed by atoms with E-state index in [-0.39, 0.29) is 11.5 Å². The molecule has 0 aromatic carbocycles. The minimum atomic E-state index is -0.506.